The zero-order chi connectivity index (χ0) is 38.6. The van der Waals surface area contributed by atoms with Crippen LogP contribution in [0.2, 0.25) is 5.02 Å². The number of aromatic nitrogens is 3. The monoisotopic (exact) mass is 782 g/mol. The van der Waals surface area contributed by atoms with Gasteiger partial charge < -0.3 is 25.4 Å². The van der Waals surface area contributed by atoms with Crippen LogP contribution in [-0.2, 0) is 25.1 Å². The summed E-state index contributed by atoms with van der Waals surface area (Å²) in [6, 6.07) is 11.3. The Morgan fingerprint density at radius 2 is 1.64 bits per heavy atom. The van der Waals surface area contributed by atoms with Crippen LogP contribution in [0.25, 0.3) is 0 Å². The average molecular weight is 783 g/mol. The second kappa shape index (κ2) is 15.6. The van der Waals surface area contributed by atoms with Crippen LogP contribution in [0.1, 0.15) is 62.4 Å². The van der Waals surface area contributed by atoms with Gasteiger partial charge in [-0.2, -0.15) is 28.1 Å². The van der Waals surface area contributed by atoms with Gasteiger partial charge in [-0.25, -0.2) is 13.2 Å². The van der Waals surface area contributed by atoms with Crippen molar-refractivity contribution in [2.24, 2.45) is 0 Å². The van der Waals surface area contributed by atoms with Crippen molar-refractivity contribution in [2.75, 3.05) is 36.1 Å². The number of carbonyl (C=O) groups excluding carboxylic acids is 3. The lowest BCUT2D eigenvalue weighted by Gasteiger charge is -2.27. The highest BCUT2D eigenvalue weighted by atomic mass is 35.5. The van der Waals surface area contributed by atoms with Gasteiger partial charge in [0.1, 0.15) is 11.6 Å². The molecule has 53 heavy (non-hydrogen) atoms. The number of nitrogens with one attached hydrogen (secondary N) is 4. The number of alkyl halides is 3. The molecule has 20 heteroatoms. The van der Waals surface area contributed by atoms with Crippen molar-refractivity contribution in [1.82, 2.24) is 29.9 Å². The predicted molar refractivity (Wildman–Crippen MR) is 187 cm³/mol. The summed E-state index contributed by atoms with van der Waals surface area (Å²) < 4.78 is 76.1. The third-order valence-electron chi connectivity index (χ3n) is 7.98. The van der Waals surface area contributed by atoms with Crippen molar-refractivity contribution in [3.63, 3.8) is 0 Å². The van der Waals surface area contributed by atoms with E-state index in [2.05, 4.69) is 30.9 Å². The van der Waals surface area contributed by atoms with Gasteiger partial charge in [0.05, 0.1) is 11.3 Å². The summed E-state index contributed by atoms with van der Waals surface area (Å²) >= 11 is 6.02. The fraction of sp³-hybridized carbons (Fsp3) is 0.455. The molecule has 1 aromatic heterocycles. The van der Waals surface area contributed by atoms with Gasteiger partial charge in [0.15, 0.2) is 6.61 Å². The van der Waals surface area contributed by atoms with E-state index < -0.39 is 69.7 Å². The largest absolute Gasteiger partial charge is 0.454 e. The maximum Gasteiger partial charge on any atom is 0.422 e. The molecule has 2 fully saturated rings. The molecule has 4 N–H and O–H groups in total. The van der Waals surface area contributed by atoms with E-state index in [9.17, 15) is 36.0 Å². The average Bonchev–Trinajstić information content (AvgIpc) is 3.65. The smallest absolute Gasteiger partial charge is 0.422 e. The molecule has 2 aliphatic rings. The van der Waals surface area contributed by atoms with E-state index in [0.29, 0.717) is 30.0 Å². The topological polar surface area (TPSA) is 194 Å². The molecule has 1 saturated carbocycles. The number of anilines is 3. The van der Waals surface area contributed by atoms with Gasteiger partial charge in [-0.3, -0.25) is 19.2 Å². The molecule has 0 radical (unpaired) electrons. The molecule has 1 saturated heterocycles. The van der Waals surface area contributed by atoms with Gasteiger partial charge in [-0.15, -0.1) is 0 Å². The van der Waals surface area contributed by atoms with Crippen LogP contribution in [0, 0.1) is 0 Å². The summed E-state index contributed by atoms with van der Waals surface area (Å²) in [6.45, 7) is 3.32. The van der Waals surface area contributed by atoms with Crippen molar-refractivity contribution in [2.45, 2.75) is 69.8 Å². The van der Waals surface area contributed by atoms with Gasteiger partial charge in [-0.05, 0) is 88.4 Å². The maximum absolute atomic E-state index is 12.9. The SMILES string of the molecule is CC(C)(C)OC(=O)N1CCC[C@H]1C(=O)NS(=O)(=O)CCNC(=O)c1ccc(Nc2nc(NC3(c4ccc(Cl)cc4)CC3)nc(OCC(F)(F)F)n2)cc1. The first-order chi connectivity index (χ1) is 24.8. The molecule has 3 aromatic rings. The normalized spacial score (nSPS) is 16.7. The maximum atomic E-state index is 12.9. The summed E-state index contributed by atoms with van der Waals surface area (Å²) in [7, 11) is -4.17. The molecule has 0 unspecified atom stereocenters. The van der Waals surface area contributed by atoms with E-state index in [0.717, 1.165) is 5.56 Å². The Balaban J connectivity index is 1.17. The Bertz CT molecular complexity index is 1920. The number of nitrogens with zero attached hydrogens (tertiary/aromatic N) is 4. The summed E-state index contributed by atoms with van der Waals surface area (Å²) in [4.78, 5) is 51.5. The van der Waals surface area contributed by atoms with Crippen molar-refractivity contribution in [3.05, 3.63) is 64.7 Å². The Kier molecular flexibility index (Phi) is 11.6. The first-order valence-corrected chi connectivity index (χ1v) is 18.5. The molecule has 5 rings (SSSR count). The lowest BCUT2D eigenvalue weighted by molar-refractivity contribution is -0.154. The number of ether oxygens (including phenoxy) is 2. The second-order valence-electron chi connectivity index (χ2n) is 13.5. The standard InChI is InChI=1S/C33H38ClF3N8O7S/c1-31(2,3)52-30(48)45-17-4-5-24(45)26(47)44-53(49,50)18-16-38-25(46)20-6-12-23(13-7-20)39-27-40-28(42-29(41-27)51-19-33(35,36)37)43-32(14-15-32)21-8-10-22(34)11-9-21/h6-13,24H,4-5,14-19H2,1-3H3,(H,38,46)(H,44,47)(H2,39,40,41,42,43)/t24-/m0/s1. The van der Waals surface area contributed by atoms with Gasteiger partial charge in [0.25, 0.3) is 11.8 Å². The molecule has 2 aromatic carbocycles. The Labute approximate surface area is 308 Å². The zero-order valence-electron chi connectivity index (χ0n) is 28.9. The minimum Gasteiger partial charge on any atom is -0.454 e. The van der Waals surface area contributed by atoms with Crippen LogP contribution in [-0.4, -0.2) is 89.4 Å². The molecule has 3 amide bonds. The molecule has 15 nitrogen and oxygen atoms in total. The Morgan fingerprint density at radius 3 is 2.26 bits per heavy atom. The number of benzene rings is 2. The van der Waals surface area contributed by atoms with E-state index in [1.165, 1.54) is 29.2 Å². The van der Waals surface area contributed by atoms with Crippen LogP contribution in [0.4, 0.5) is 35.5 Å². The quantitative estimate of drug-likeness (QED) is 0.184. The molecule has 0 bridgehead atoms. The number of carbonyl (C=O) groups is 3. The molecule has 1 aliphatic heterocycles. The third-order valence-corrected chi connectivity index (χ3v) is 9.48. The minimum absolute atomic E-state index is 0.0297. The van der Waals surface area contributed by atoms with Crippen molar-refractivity contribution >= 4 is 57.1 Å². The van der Waals surface area contributed by atoms with E-state index >= 15 is 0 Å². The van der Waals surface area contributed by atoms with Gasteiger partial charge >= 0.3 is 18.3 Å². The number of amides is 3. The van der Waals surface area contributed by atoms with Crippen LogP contribution in [0.15, 0.2) is 48.5 Å². The number of rotatable bonds is 13. The fourth-order valence-corrected chi connectivity index (χ4v) is 6.40. The molecule has 286 valence electrons. The third kappa shape index (κ3) is 11.3. The molecular weight excluding hydrogens is 745 g/mol. The second-order valence-corrected chi connectivity index (χ2v) is 15.7. The fourth-order valence-electron chi connectivity index (χ4n) is 5.36. The summed E-state index contributed by atoms with van der Waals surface area (Å²) in [5.41, 5.74) is 0.0573. The van der Waals surface area contributed by atoms with Crippen LogP contribution < -0.4 is 25.4 Å². The molecule has 1 aliphatic carbocycles. The number of halogens is 4. The lowest BCUT2D eigenvalue weighted by Crippen LogP contribution is -2.49. The molecule has 0 spiro atoms. The van der Waals surface area contributed by atoms with Gasteiger partial charge in [0, 0.05) is 29.4 Å². The summed E-state index contributed by atoms with van der Waals surface area (Å²) in [6.07, 6.45) is -3.16. The Morgan fingerprint density at radius 1 is 0.981 bits per heavy atom. The summed E-state index contributed by atoms with van der Waals surface area (Å²) in [5, 5.41) is 9.06. The zero-order valence-corrected chi connectivity index (χ0v) is 30.5. The first-order valence-electron chi connectivity index (χ1n) is 16.5. The highest BCUT2D eigenvalue weighted by Gasteiger charge is 2.45. The molecule has 2 heterocycles. The van der Waals surface area contributed by atoms with E-state index in [-0.39, 0.29) is 37.0 Å². The molecule has 1 atom stereocenters. The number of likely N-dealkylation sites (tertiary alicyclic amines) is 1. The van der Waals surface area contributed by atoms with Gasteiger partial charge in [0.2, 0.25) is 21.9 Å². The lowest BCUT2D eigenvalue weighted by atomic mass is 10.1. The van der Waals surface area contributed by atoms with Crippen molar-refractivity contribution in [1.29, 1.82) is 0 Å². The van der Waals surface area contributed by atoms with Crippen LogP contribution in [0.3, 0.4) is 0 Å². The van der Waals surface area contributed by atoms with Crippen molar-refractivity contribution < 1.29 is 45.4 Å². The van der Waals surface area contributed by atoms with E-state index in [4.69, 9.17) is 21.1 Å². The molecular formula is C33H38ClF3N8O7S. The van der Waals surface area contributed by atoms with Crippen LogP contribution in [0.5, 0.6) is 6.01 Å². The summed E-state index contributed by atoms with van der Waals surface area (Å²) in [5.74, 6) is -2.26. The minimum atomic E-state index is -4.63. The number of sulfonamides is 1. The van der Waals surface area contributed by atoms with Crippen molar-refractivity contribution in [3.8, 4) is 6.01 Å². The number of hydrogen-bond acceptors (Lipinski definition) is 12. The highest BCUT2D eigenvalue weighted by Crippen LogP contribution is 2.48. The highest BCUT2D eigenvalue weighted by molar-refractivity contribution is 7.90. The predicted octanol–water partition coefficient (Wildman–Crippen LogP) is 4.89. The van der Waals surface area contributed by atoms with Crippen LogP contribution >= 0.6 is 11.6 Å². The van der Waals surface area contributed by atoms with E-state index in [1.54, 1.807) is 32.9 Å². The number of hydrogen-bond donors (Lipinski definition) is 4. The van der Waals surface area contributed by atoms with Gasteiger partial charge in [-0.1, -0.05) is 23.7 Å². The van der Waals surface area contributed by atoms with E-state index in [1.807, 2.05) is 16.9 Å². The first kappa shape index (κ1) is 39.3. The Hall–Kier alpha value is -4.91.